The summed E-state index contributed by atoms with van der Waals surface area (Å²) < 4.78 is 0. The van der Waals surface area contributed by atoms with Crippen LogP contribution in [0.1, 0.15) is 15.9 Å². The number of anilines is 2. The fourth-order valence-electron chi connectivity index (χ4n) is 2.73. The van der Waals surface area contributed by atoms with Gasteiger partial charge < -0.3 is 5.32 Å². The highest BCUT2D eigenvalue weighted by Gasteiger charge is 2.16. The highest BCUT2D eigenvalue weighted by atomic mass is 35.5. The number of amides is 1. The quantitative estimate of drug-likeness (QED) is 0.242. The van der Waals surface area contributed by atoms with Gasteiger partial charge in [-0.25, -0.2) is 4.98 Å². The number of hydrogen-bond acceptors (Lipinski definition) is 5. The number of rotatable bonds is 6. The molecule has 31 heavy (non-hydrogen) atoms. The molecule has 1 heterocycles. The third kappa shape index (κ3) is 5.49. The number of nitrogens with one attached hydrogen (secondary N) is 2. The maximum absolute atomic E-state index is 12.7. The minimum absolute atomic E-state index is 0.242. The molecule has 0 saturated carbocycles. The van der Waals surface area contributed by atoms with Crippen LogP contribution in [0.25, 0.3) is 11.3 Å². The lowest BCUT2D eigenvalue weighted by Gasteiger charge is -2.05. The van der Waals surface area contributed by atoms with Crippen molar-refractivity contribution < 1.29 is 4.79 Å². The van der Waals surface area contributed by atoms with Crippen molar-refractivity contribution in [1.29, 1.82) is 0 Å². The van der Waals surface area contributed by atoms with E-state index in [4.69, 9.17) is 23.2 Å². The molecule has 4 aromatic rings. The number of carbonyl (C=O) groups is 1. The molecule has 0 aliphatic carbocycles. The zero-order valence-electron chi connectivity index (χ0n) is 16.0. The largest absolute Gasteiger partial charge is 0.312 e. The van der Waals surface area contributed by atoms with Gasteiger partial charge >= 0.3 is 0 Å². The topological polar surface area (TPSA) is 66.4 Å². The standard InChI is InChI=1S/C23H16Cl2N4OS/c24-18-10-6-15(7-11-18)14-26-29-23-27-20(16-4-2-1-3-5-16)22(31-23)28-21(30)17-8-12-19(25)13-9-17/h1-14H,(H,27,29)(H,28,30). The average Bonchev–Trinajstić information content (AvgIpc) is 3.18. The van der Waals surface area contributed by atoms with Gasteiger partial charge in [-0.2, -0.15) is 5.10 Å². The molecule has 0 aliphatic rings. The van der Waals surface area contributed by atoms with Gasteiger partial charge in [0.1, 0.15) is 10.7 Å². The van der Waals surface area contributed by atoms with Gasteiger partial charge in [0, 0.05) is 21.2 Å². The van der Waals surface area contributed by atoms with Crippen LogP contribution in [-0.2, 0) is 0 Å². The van der Waals surface area contributed by atoms with Crippen LogP contribution in [-0.4, -0.2) is 17.1 Å². The Morgan fingerprint density at radius 2 is 1.55 bits per heavy atom. The van der Waals surface area contributed by atoms with Gasteiger partial charge in [0.05, 0.1) is 6.21 Å². The second-order valence-corrected chi connectivity index (χ2v) is 8.32. The Labute approximate surface area is 193 Å². The smallest absolute Gasteiger partial charge is 0.256 e. The van der Waals surface area contributed by atoms with Crippen molar-refractivity contribution in [2.75, 3.05) is 10.7 Å². The van der Waals surface area contributed by atoms with Crippen molar-refractivity contribution in [3.8, 4) is 11.3 Å². The maximum atomic E-state index is 12.7. The van der Waals surface area contributed by atoms with Crippen LogP contribution in [0.15, 0.2) is 84.0 Å². The van der Waals surface area contributed by atoms with E-state index in [0.29, 0.717) is 31.4 Å². The summed E-state index contributed by atoms with van der Waals surface area (Å²) in [7, 11) is 0. The Morgan fingerprint density at radius 3 is 2.23 bits per heavy atom. The fraction of sp³-hybridized carbons (Fsp3) is 0. The first-order valence-corrected chi connectivity index (χ1v) is 10.8. The van der Waals surface area contributed by atoms with Gasteiger partial charge in [0.15, 0.2) is 0 Å². The van der Waals surface area contributed by atoms with Crippen molar-refractivity contribution in [2.45, 2.75) is 0 Å². The van der Waals surface area contributed by atoms with E-state index in [1.54, 1.807) is 42.6 Å². The van der Waals surface area contributed by atoms with E-state index >= 15 is 0 Å². The van der Waals surface area contributed by atoms with Gasteiger partial charge in [-0.05, 0) is 42.0 Å². The Morgan fingerprint density at radius 1 is 0.903 bits per heavy atom. The predicted molar refractivity (Wildman–Crippen MR) is 130 cm³/mol. The van der Waals surface area contributed by atoms with E-state index in [0.717, 1.165) is 11.1 Å². The molecule has 2 N–H and O–H groups in total. The third-order valence-electron chi connectivity index (χ3n) is 4.25. The van der Waals surface area contributed by atoms with Gasteiger partial charge in [0.25, 0.3) is 5.91 Å². The normalized spacial score (nSPS) is 10.9. The van der Waals surface area contributed by atoms with Crippen molar-refractivity contribution >= 4 is 56.8 Å². The molecule has 5 nitrogen and oxygen atoms in total. The summed E-state index contributed by atoms with van der Waals surface area (Å²) in [6.45, 7) is 0. The highest BCUT2D eigenvalue weighted by Crippen LogP contribution is 2.36. The molecule has 8 heteroatoms. The van der Waals surface area contributed by atoms with E-state index < -0.39 is 0 Å². The van der Waals surface area contributed by atoms with Crippen molar-refractivity contribution in [3.05, 3.63) is 100 Å². The third-order valence-corrected chi connectivity index (χ3v) is 5.63. The van der Waals surface area contributed by atoms with Crippen LogP contribution in [0.4, 0.5) is 10.1 Å². The van der Waals surface area contributed by atoms with E-state index in [1.807, 2.05) is 42.5 Å². The van der Waals surface area contributed by atoms with Crippen molar-refractivity contribution in [1.82, 2.24) is 4.98 Å². The summed E-state index contributed by atoms with van der Waals surface area (Å²) in [4.78, 5) is 17.3. The first-order chi connectivity index (χ1) is 15.1. The molecular weight excluding hydrogens is 451 g/mol. The van der Waals surface area contributed by atoms with Crippen LogP contribution < -0.4 is 10.7 Å². The molecule has 0 aliphatic heterocycles. The van der Waals surface area contributed by atoms with E-state index in [9.17, 15) is 4.79 Å². The second kappa shape index (κ2) is 9.75. The number of nitrogens with zero attached hydrogens (tertiary/aromatic N) is 2. The monoisotopic (exact) mass is 466 g/mol. The van der Waals surface area contributed by atoms with Gasteiger partial charge in [-0.1, -0.05) is 77.0 Å². The number of halogens is 2. The summed E-state index contributed by atoms with van der Waals surface area (Å²) >= 11 is 13.1. The molecule has 3 aromatic carbocycles. The fourth-order valence-corrected chi connectivity index (χ4v) is 3.82. The summed E-state index contributed by atoms with van der Waals surface area (Å²) in [6, 6.07) is 23.7. The lowest BCUT2D eigenvalue weighted by atomic mass is 10.1. The van der Waals surface area contributed by atoms with Crippen molar-refractivity contribution in [2.24, 2.45) is 5.10 Å². The maximum Gasteiger partial charge on any atom is 0.256 e. The second-order valence-electron chi connectivity index (χ2n) is 6.45. The van der Waals surface area contributed by atoms with Crippen LogP contribution in [0.5, 0.6) is 0 Å². The van der Waals surface area contributed by atoms with Crippen LogP contribution in [0, 0.1) is 0 Å². The number of hydrazone groups is 1. The molecule has 1 aromatic heterocycles. The number of hydrogen-bond donors (Lipinski definition) is 2. The minimum atomic E-state index is -0.242. The van der Waals surface area contributed by atoms with Crippen LogP contribution in [0.3, 0.4) is 0 Å². The molecule has 4 rings (SSSR count). The lowest BCUT2D eigenvalue weighted by molar-refractivity contribution is 0.102. The summed E-state index contributed by atoms with van der Waals surface area (Å²) in [6.07, 6.45) is 1.67. The zero-order chi connectivity index (χ0) is 21.6. The van der Waals surface area contributed by atoms with Crippen molar-refractivity contribution in [3.63, 3.8) is 0 Å². The number of thiazole rings is 1. The summed E-state index contributed by atoms with van der Waals surface area (Å²) in [5.74, 6) is -0.242. The molecule has 154 valence electrons. The zero-order valence-corrected chi connectivity index (χ0v) is 18.4. The average molecular weight is 467 g/mol. The molecular formula is C23H16Cl2N4OS. The van der Waals surface area contributed by atoms with E-state index in [1.165, 1.54) is 11.3 Å². The van der Waals surface area contributed by atoms with Gasteiger partial charge in [-0.15, -0.1) is 0 Å². The highest BCUT2D eigenvalue weighted by molar-refractivity contribution is 7.20. The first kappa shape index (κ1) is 21.1. The molecule has 1 amide bonds. The molecule has 0 atom stereocenters. The van der Waals surface area contributed by atoms with Crippen LogP contribution in [0.2, 0.25) is 10.0 Å². The summed E-state index contributed by atoms with van der Waals surface area (Å²) in [5, 5.41) is 9.60. The molecule has 0 bridgehead atoms. The molecule has 0 radical (unpaired) electrons. The first-order valence-electron chi connectivity index (χ1n) is 9.26. The minimum Gasteiger partial charge on any atom is -0.312 e. The number of benzene rings is 3. The van der Waals surface area contributed by atoms with Crippen LogP contribution >= 0.6 is 34.5 Å². The van der Waals surface area contributed by atoms with E-state index in [2.05, 4.69) is 20.8 Å². The molecule has 0 unspecified atom stereocenters. The Bertz CT molecular complexity index is 1210. The molecule has 0 spiro atoms. The van der Waals surface area contributed by atoms with Gasteiger partial charge in [0.2, 0.25) is 5.13 Å². The Balaban J connectivity index is 1.57. The molecule has 0 saturated heterocycles. The lowest BCUT2D eigenvalue weighted by Crippen LogP contribution is -2.11. The predicted octanol–water partition coefficient (Wildman–Crippen LogP) is 6.82. The SMILES string of the molecule is O=C(Nc1sc(NN=Cc2ccc(Cl)cc2)nc1-c1ccccc1)c1ccc(Cl)cc1. The van der Waals surface area contributed by atoms with Gasteiger partial charge in [-0.3, -0.25) is 10.2 Å². The number of carbonyl (C=O) groups excluding carboxylic acids is 1. The molecule has 0 fully saturated rings. The van der Waals surface area contributed by atoms with E-state index in [-0.39, 0.29) is 5.91 Å². The Kier molecular flexibility index (Phi) is 6.62. The Hall–Kier alpha value is -3.19. The number of aromatic nitrogens is 1. The summed E-state index contributed by atoms with van der Waals surface area (Å²) in [5.41, 5.74) is 5.89.